The third kappa shape index (κ3) is 2.52. The van der Waals surface area contributed by atoms with Crippen LogP contribution in [-0.2, 0) is 4.79 Å². The van der Waals surface area contributed by atoms with Gasteiger partial charge in [0.1, 0.15) is 0 Å². The van der Waals surface area contributed by atoms with Crippen LogP contribution < -0.4 is 5.73 Å². The molecular formula is C7H11ClF4N2O. The van der Waals surface area contributed by atoms with Crippen LogP contribution in [-0.4, -0.2) is 41.8 Å². The summed E-state index contributed by atoms with van der Waals surface area (Å²) in [6.07, 6.45) is 0. The Hall–Kier alpha value is -0.560. The molecule has 1 fully saturated rings. The Balaban J connectivity index is 0.00000196. The highest BCUT2D eigenvalue weighted by Gasteiger charge is 2.63. The molecule has 0 saturated carbocycles. The molecule has 1 aliphatic rings. The Labute approximate surface area is 90.0 Å². The van der Waals surface area contributed by atoms with Gasteiger partial charge in [-0.1, -0.05) is 0 Å². The lowest BCUT2D eigenvalue weighted by molar-refractivity contribution is -0.172. The molecule has 0 aromatic carbocycles. The van der Waals surface area contributed by atoms with Gasteiger partial charge in [0.25, 0.3) is 0 Å². The minimum atomic E-state index is -4.16. The van der Waals surface area contributed by atoms with Crippen LogP contribution in [0.1, 0.15) is 6.92 Å². The van der Waals surface area contributed by atoms with Crippen molar-refractivity contribution in [3.63, 3.8) is 0 Å². The third-order valence-corrected chi connectivity index (χ3v) is 2.02. The van der Waals surface area contributed by atoms with E-state index in [0.717, 1.165) is 0 Å². The molecule has 0 spiro atoms. The van der Waals surface area contributed by atoms with Gasteiger partial charge in [0.05, 0.1) is 19.1 Å². The summed E-state index contributed by atoms with van der Waals surface area (Å²) in [5.41, 5.74) is 5.11. The molecule has 8 heteroatoms. The molecule has 15 heavy (non-hydrogen) atoms. The average Bonchev–Trinajstić information content (AvgIpc) is 2.20. The SMILES string of the molecule is C[C@H](N)C(=O)N1CC(F)(F)C(F)(F)C1.Cl. The number of carbonyl (C=O) groups excluding carboxylic acids is 1. The number of nitrogens with zero attached hydrogens (tertiary/aromatic N) is 1. The third-order valence-electron chi connectivity index (χ3n) is 2.02. The largest absolute Gasteiger partial charge is 0.329 e. The molecule has 2 N–H and O–H groups in total. The van der Waals surface area contributed by atoms with Crippen LogP contribution in [0.15, 0.2) is 0 Å². The van der Waals surface area contributed by atoms with Crippen LogP contribution >= 0.6 is 12.4 Å². The van der Waals surface area contributed by atoms with Gasteiger partial charge in [-0.2, -0.15) is 17.6 Å². The van der Waals surface area contributed by atoms with E-state index in [0.29, 0.717) is 4.90 Å². The highest BCUT2D eigenvalue weighted by atomic mass is 35.5. The predicted molar refractivity (Wildman–Crippen MR) is 47.4 cm³/mol. The number of amides is 1. The van der Waals surface area contributed by atoms with Crippen molar-refractivity contribution in [1.29, 1.82) is 0 Å². The average molecular weight is 251 g/mol. The zero-order valence-corrected chi connectivity index (χ0v) is 8.66. The lowest BCUT2D eigenvalue weighted by Crippen LogP contribution is -2.41. The monoisotopic (exact) mass is 250 g/mol. The zero-order chi connectivity index (χ0) is 11.1. The smallest absolute Gasteiger partial charge is 0.329 e. The van der Waals surface area contributed by atoms with Gasteiger partial charge in [-0.15, -0.1) is 12.4 Å². The van der Waals surface area contributed by atoms with Crippen molar-refractivity contribution in [1.82, 2.24) is 4.90 Å². The van der Waals surface area contributed by atoms with Gasteiger partial charge in [-0.3, -0.25) is 4.79 Å². The maximum absolute atomic E-state index is 12.6. The molecule has 0 unspecified atom stereocenters. The quantitative estimate of drug-likeness (QED) is 0.702. The minimum absolute atomic E-state index is 0. The molecule has 1 aliphatic heterocycles. The molecule has 1 heterocycles. The summed E-state index contributed by atoms with van der Waals surface area (Å²) in [6, 6.07) is -1.04. The van der Waals surface area contributed by atoms with Crippen LogP contribution in [0.2, 0.25) is 0 Å². The Kier molecular flexibility index (Phi) is 3.98. The summed E-state index contributed by atoms with van der Waals surface area (Å²) in [6.45, 7) is -1.27. The van der Waals surface area contributed by atoms with Crippen molar-refractivity contribution in [3.05, 3.63) is 0 Å². The first-order valence-corrected chi connectivity index (χ1v) is 3.97. The molecule has 90 valence electrons. The molecule has 0 bridgehead atoms. The molecule has 1 rings (SSSR count). The van der Waals surface area contributed by atoms with Crippen LogP contribution in [0.4, 0.5) is 17.6 Å². The van der Waals surface area contributed by atoms with Crippen LogP contribution in [0.3, 0.4) is 0 Å². The second kappa shape index (κ2) is 4.13. The fourth-order valence-electron chi connectivity index (χ4n) is 1.21. The minimum Gasteiger partial charge on any atom is -0.329 e. The number of hydrogen-bond acceptors (Lipinski definition) is 2. The lowest BCUT2D eigenvalue weighted by Gasteiger charge is -2.16. The first-order valence-electron chi connectivity index (χ1n) is 3.97. The van der Waals surface area contributed by atoms with Crippen LogP contribution in [0, 0.1) is 0 Å². The van der Waals surface area contributed by atoms with E-state index >= 15 is 0 Å². The van der Waals surface area contributed by atoms with Gasteiger partial charge in [0.2, 0.25) is 5.91 Å². The molecular weight excluding hydrogens is 240 g/mol. The number of rotatable bonds is 1. The van der Waals surface area contributed by atoms with Crippen molar-refractivity contribution in [3.8, 4) is 0 Å². The molecule has 1 amide bonds. The Bertz CT molecular complexity index is 243. The topological polar surface area (TPSA) is 46.3 Å². The summed E-state index contributed by atoms with van der Waals surface area (Å²) in [7, 11) is 0. The molecule has 1 saturated heterocycles. The molecule has 0 aliphatic carbocycles. The molecule has 0 aromatic rings. The van der Waals surface area contributed by atoms with E-state index in [-0.39, 0.29) is 12.4 Å². The molecule has 3 nitrogen and oxygen atoms in total. The summed E-state index contributed by atoms with van der Waals surface area (Å²) < 4.78 is 50.4. The highest BCUT2D eigenvalue weighted by Crippen LogP contribution is 2.40. The van der Waals surface area contributed by atoms with E-state index in [9.17, 15) is 22.4 Å². The van der Waals surface area contributed by atoms with E-state index in [1.807, 2.05) is 0 Å². The van der Waals surface area contributed by atoms with Gasteiger partial charge >= 0.3 is 11.8 Å². The van der Waals surface area contributed by atoms with Crippen LogP contribution in [0.25, 0.3) is 0 Å². The van der Waals surface area contributed by atoms with Crippen molar-refractivity contribution in [2.75, 3.05) is 13.1 Å². The number of halogens is 5. The van der Waals surface area contributed by atoms with E-state index in [4.69, 9.17) is 5.73 Å². The molecule has 0 aromatic heterocycles. The first-order chi connectivity index (χ1) is 6.17. The first kappa shape index (κ1) is 14.4. The lowest BCUT2D eigenvalue weighted by atomic mass is 10.2. The normalized spacial score (nSPS) is 24.5. The van der Waals surface area contributed by atoms with E-state index in [1.165, 1.54) is 6.92 Å². The zero-order valence-electron chi connectivity index (χ0n) is 7.84. The summed E-state index contributed by atoms with van der Waals surface area (Å²) in [5.74, 6) is -9.20. The van der Waals surface area contributed by atoms with Crippen molar-refractivity contribution >= 4 is 18.3 Å². The Morgan fingerprint density at radius 2 is 1.60 bits per heavy atom. The maximum atomic E-state index is 12.6. The highest BCUT2D eigenvalue weighted by molar-refractivity contribution is 5.85. The van der Waals surface area contributed by atoms with Crippen LogP contribution in [0.5, 0.6) is 0 Å². The number of carbonyl (C=O) groups is 1. The van der Waals surface area contributed by atoms with Gasteiger partial charge in [0, 0.05) is 0 Å². The fraction of sp³-hybridized carbons (Fsp3) is 0.857. The van der Waals surface area contributed by atoms with Gasteiger partial charge < -0.3 is 10.6 Å². The van der Waals surface area contributed by atoms with Gasteiger partial charge in [0.15, 0.2) is 0 Å². The molecule has 1 atom stereocenters. The summed E-state index contributed by atoms with van der Waals surface area (Å²) >= 11 is 0. The Morgan fingerprint density at radius 3 is 1.87 bits per heavy atom. The molecule has 0 radical (unpaired) electrons. The number of likely N-dealkylation sites (tertiary alicyclic amines) is 1. The van der Waals surface area contributed by atoms with E-state index in [2.05, 4.69) is 0 Å². The summed E-state index contributed by atoms with van der Waals surface area (Å²) in [4.78, 5) is 11.4. The van der Waals surface area contributed by atoms with Crippen molar-refractivity contribution in [2.45, 2.75) is 24.8 Å². The van der Waals surface area contributed by atoms with E-state index in [1.54, 1.807) is 0 Å². The second-order valence-corrected chi connectivity index (χ2v) is 3.39. The number of alkyl halides is 4. The van der Waals surface area contributed by atoms with Crippen molar-refractivity contribution < 1.29 is 22.4 Å². The van der Waals surface area contributed by atoms with Crippen molar-refractivity contribution in [2.24, 2.45) is 5.73 Å². The summed E-state index contributed by atoms with van der Waals surface area (Å²) in [5, 5.41) is 0. The number of hydrogen-bond donors (Lipinski definition) is 1. The predicted octanol–water partition coefficient (Wildman–Crippen LogP) is 0.868. The number of nitrogens with two attached hydrogens (primary N) is 1. The van der Waals surface area contributed by atoms with Gasteiger partial charge in [-0.25, -0.2) is 0 Å². The standard InChI is InChI=1S/C7H10F4N2O.ClH/c1-4(12)5(14)13-2-6(8,9)7(10,11)3-13;/h4H,2-3,12H2,1H3;1H/t4-;/m0./s1. The van der Waals surface area contributed by atoms with E-state index < -0.39 is 36.9 Å². The fourth-order valence-corrected chi connectivity index (χ4v) is 1.21. The van der Waals surface area contributed by atoms with Gasteiger partial charge in [-0.05, 0) is 6.92 Å². The maximum Gasteiger partial charge on any atom is 0.329 e. The second-order valence-electron chi connectivity index (χ2n) is 3.39. The Morgan fingerprint density at radius 1 is 1.27 bits per heavy atom.